The zero-order valence-corrected chi connectivity index (χ0v) is 20.6. The minimum Gasteiger partial charge on any atom is -0.508 e. The number of fused-ring (bicyclic) bond motifs is 1. The predicted molar refractivity (Wildman–Crippen MR) is 143 cm³/mol. The lowest BCUT2D eigenvalue weighted by atomic mass is 9.99. The Bertz CT molecular complexity index is 1410. The molecule has 4 aromatic rings. The SMILES string of the molecule is COc1ccccc1N(C(=O)c1ccc(O)cc1)C(C(=O)NC1CCCC1)c1ccc2ncccc2c1. The van der Waals surface area contributed by atoms with Crippen LogP contribution in [0.4, 0.5) is 5.69 Å². The van der Waals surface area contributed by atoms with Gasteiger partial charge in [0.25, 0.3) is 5.91 Å². The van der Waals surface area contributed by atoms with Gasteiger partial charge in [0.05, 0.1) is 18.3 Å². The number of nitrogens with zero attached hydrogens (tertiary/aromatic N) is 2. The Kier molecular flexibility index (Phi) is 7.03. The summed E-state index contributed by atoms with van der Waals surface area (Å²) in [5.74, 6) is -0.121. The lowest BCUT2D eigenvalue weighted by Gasteiger charge is -2.33. The molecule has 1 fully saturated rings. The molecule has 1 aromatic heterocycles. The van der Waals surface area contributed by atoms with Crippen LogP contribution < -0.4 is 15.0 Å². The van der Waals surface area contributed by atoms with Gasteiger partial charge in [0.15, 0.2) is 0 Å². The van der Waals surface area contributed by atoms with Gasteiger partial charge >= 0.3 is 0 Å². The molecule has 7 nitrogen and oxygen atoms in total. The fraction of sp³-hybridized carbons (Fsp3) is 0.233. The van der Waals surface area contributed by atoms with Gasteiger partial charge in [-0.3, -0.25) is 19.5 Å². The van der Waals surface area contributed by atoms with Gasteiger partial charge in [-0.1, -0.05) is 37.1 Å². The molecule has 0 spiro atoms. The second-order valence-electron chi connectivity index (χ2n) is 9.24. The smallest absolute Gasteiger partial charge is 0.259 e. The fourth-order valence-electron chi connectivity index (χ4n) is 4.97. The van der Waals surface area contributed by atoms with Gasteiger partial charge in [0, 0.05) is 23.2 Å². The van der Waals surface area contributed by atoms with Crippen LogP contribution in [0.5, 0.6) is 11.5 Å². The second kappa shape index (κ2) is 10.7. The number of amides is 2. The molecule has 1 aliphatic rings. The van der Waals surface area contributed by atoms with Gasteiger partial charge in [0.1, 0.15) is 17.5 Å². The van der Waals surface area contributed by atoms with Gasteiger partial charge in [-0.15, -0.1) is 0 Å². The standard InChI is InChI=1S/C30H29N3O4/c1-37-27-11-5-4-10-26(27)33(30(36)20-12-15-24(34)16-13-20)28(29(35)32-23-8-2-3-9-23)22-14-17-25-21(19-22)7-6-18-31-25/h4-7,10-19,23,28,34H,2-3,8-9H2,1H3,(H,32,35). The Labute approximate surface area is 215 Å². The highest BCUT2D eigenvalue weighted by molar-refractivity contribution is 6.11. The van der Waals surface area contributed by atoms with Crippen molar-refractivity contribution >= 4 is 28.4 Å². The Balaban J connectivity index is 1.68. The van der Waals surface area contributed by atoms with Crippen molar-refractivity contribution in [1.82, 2.24) is 10.3 Å². The van der Waals surface area contributed by atoms with E-state index in [2.05, 4.69) is 10.3 Å². The summed E-state index contributed by atoms with van der Waals surface area (Å²) in [4.78, 5) is 34.1. The van der Waals surface area contributed by atoms with E-state index in [-0.39, 0.29) is 23.6 Å². The zero-order chi connectivity index (χ0) is 25.8. The first-order valence-electron chi connectivity index (χ1n) is 12.5. The monoisotopic (exact) mass is 495 g/mol. The van der Waals surface area contributed by atoms with Crippen molar-refractivity contribution < 1.29 is 19.4 Å². The summed E-state index contributed by atoms with van der Waals surface area (Å²) in [6.45, 7) is 0. The molecule has 5 rings (SSSR count). The third kappa shape index (κ3) is 5.11. The number of hydrogen-bond acceptors (Lipinski definition) is 5. The lowest BCUT2D eigenvalue weighted by Crippen LogP contribution is -2.46. The molecule has 1 unspecified atom stereocenters. The first-order valence-corrected chi connectivity index (χ1v) is 12.5. The number of nitrogens with one attached hydrogen (secondary N) is 1. The van der Waals surface area contributed by atoms with Crippen LogP contribution in [0.2, 0.25) is 0 Å². The van der Waals surface area contributed by atoms with E-state index in [4.69, 9.17) is 4.74 Å². The van der Waals surface area contributed by atoms with Gasteiger partial charge in [-0.2, -0.15) is 0 Å². The number of aromatic nitrogens is 1. The van der Waals surface area contributed by atoms with Gasteiger partial charge in [-0.05, 0) is 73.0 Å². The quantitative estimate of drug-likeness (QED) is 0.358. The highest BCUT2D eigenvalue weighted by Gasteiger charge is 2.36. The van der Waals surface area contributed by atoms with Crippen LogP contribution in [-0.4, -0.2) is 35.1 Å². The number of hydrogen-bond donors (Lipinski definition) is 2. The highest BCUT2D eigenvalue weighted by Crippen LogP contribution is 2.37. The molecule has 1 saturated carbocycles. The van der Waals surface area contributed by atoms with Crippen LogP contribution in [0.3, 0.4) is 0 Å². The number of benzene rings is 3. The van der Waals surface area contributed by atoms with Crippen molar-refractivity contribution in [2.75, 3.05) is 12.0 Å². The Morgan fingerprint density at radius 1 is 1.00 bits per heavy atom. The molecule has 2 N–H and O–H groups in total. The van der Waals surface area contributed by atoms with Crippen LogP contribution in [0.1, 0.15) is 47.6 Å². The summed E-state index contributed by atoms with van der Waals surface area (Å²) in [7, 11) is 1.54. The minimum atomic E-state index is -0.970. The van der Waals surface area contributed by atoms with Crippen molar-refractivity contribution in [3.8, 4) is 11.5 Å². The summed E-state index contributed by atoms with van der Waals surface area (Å²) in [6.07, 6.45) is 5.70. The molecule has 1 aliphatic carbocycles. The van der Waals surface area contributed by atoms with Gasteiger partial charge < -0.3 is 15.2 Å². The van der Waals surface area contributed by atoms with Crippen molar-refractivity contribution in [2.45, 2.75) is 37.8 Å². The van der Waals surface area contributed by atoms with E-state index < -0.39 is 6.04 Å². The third-order valence-electron chi connectivity index (χ3n) is 6.83. The molecular weight excluding hydrogens is 466 g/mol. The minimum absolute atomic E-state index is 0.0537. The normalized spacial score (nSPS) is 14.3. The molecule has 0 aliphatic heterocycles. The number of carbonyl (C=O) groups is 2. The van der Waals surface area contributed by atoms with E-state index in [0.717, 1.165) is 36.6 Å². The molecule has 0 bridgehead atoms. The molecule has 37 heavy (non-hydrogen) atoms. The number of para-hydroxylation sites is 2. The summed E-state index contributed by atoms with van der Waals surface area (Å²) >= 11 is 0. The summed E-state index contributed by atoms with van der Waals surface area (Å²) in [5.41, 5.74) is 2.27. The maximum atomic E-state index is 14.1. The topological polar surface area (TPSA) is 91.8 Å². The fourth-order valence-corrected chi connectivity index (χ4v) is 4.97. The Hall–Kier alpha value is -4.39. The highest BCUT2D eigenvalue weighted by atomic mass is 16.5. The molecule has 7 heteroatoms. The van der Waals surface area contributed by atoms with Crippen LogP contribution in [0.25, 0.3) is 10.9 Å². The first kappa shape index (κ1) is 24.3. The molecule has 0 radical (unpaired) electrons. The molecular formula is C30H29N3O4. The average molecular weight is 496 g/mol. The van der Waals surface area contributed by atoms with Crippen molar-refractivity contribution in [3.63, 3.8) is 0 Å². The molecule has 0 saturated heterocycles. The molecule has 188 valence electrons. The number of aromatic hydroxyl groups is 1. The van der Waals surface area contributed by atoms with E-state index in [1.54, 1.807) is 30.5 Å². The van der Waals surface area contributed by atoms with Gasteiger partial charge in [-0.25, -0.2) is 0 Å². The molecule has 3 aromatic carbocycles. The lowest BCUT2D eigenvalue weighted by molar-refractivity contribution is -0.123. The van der Waals surface area contributed by atoms with E-state index >= 15 is 0 Å². The number of rotatable bonds is 7. The Morgan fingerprint density at radius 2 is 1.76 bits per heavy atom. The number of pyridine rings is 1. The Morgan fingerprint density at radius 3 is 2.51 bits per heavy atom. The van der Waals surface area contributed by atoms with E-state index in [0.29, 0.717) is 22.6 Å². The van der Waals surface area contributed by atoms with E-state index in [9.17, 15) is 14.7 Å². The number of anilines is 1. The number of ether oxygens (including phenoxy) is 1. The van der Waals surface area contributed by atoms with E-state index in [1.165, 1.54) is 24.1 Å². The first-order chi connectivity index (χ1) is 18.0. The van der Waals surface area contributed by atoms with Crippen LogP contribution >= 0.6 is 0 Å². The average Bonchev–Trinajstić information content (AvgIpc) is 3.44. The largest absolute Gasteiger partial charge is 0.508 e. The maximum absolute atomic E-state index is 14.1. The maximum Gasteiger partial charge on any atom is 0.259 e. The predicted octanol–water partition coefficient (Wildman–Crippen LogP) is 5.40. The summed E-state index contributed by atoms with van der Waals surface area (Å²) < 4.78 is 5.63. The van der Waals surface area contributed by atoms with Gasteiger partial charge in [0.2, 0.25) is 5.91 Å². The number of phenols is 1. The van der Waals surface area contributed by atoms with Crippen LogP contribution in [-0.2, 0) is 4.79 Å². The van der Waals surface area contributed by atoms with Crippen LogP contribution in [0.15, 0.2) is 85.1 Å². The van der Waals surface area contributed by atoms with Crippen LogP contribution in [0, 0.1) is 0 Å². The second-order valence-corrected chi connectivity index (χ2v) is 9.24. The number of phenolic OH excluding ortho intramolecular Hbond substituents is 1. The summed E-state index contributed by atoms with van der Waals surface area (Å²) in [6, 6.07) is 21.7. The third-order valence-corrected chi connectivity index (χ3v) is 6.83. The van der Waals surface area contributed by atoms with E-state index in [1.807, 2.05) is 42.5 Å². The van der Waals surface area contributed by atoms with Crippen molar-refractivity contribution in [1.29, 1.82) is 0 Å². The molecule has 1 atom stereocenters. The summed E-state index contributed by atoms with van der Waals surface area (Å²) in [5, 5.41) is 13.9. The number of methoxy groups -OCH3 is 1. The zero-order valence-electron chi connectivity index (χ0n) is 20.6. The van der Waals surface area contributed by atoms with Crippen molar-refractivity contribution in [3.05, 3.63) is 96.2 Å². The molecule has 1 heterocycles. The molecule has 2 amide bonds. The number of carbonyl (C=O) groups excluding carboxylic acids is 2. The van der Waals surface area contributed by atoms with Crippen molar-refractivity contribution in [2.24, 2.45) is 0 Å².